The summed E-state index contributed by atoms with van der Waals surface area (Å²) in [6.45, 7) is 8.31. The molecule has 2 atom stereocenters. The highest BCUT2D eigenvalue weighted by Crippen LogP contribution is 2.06. The number of ether oxygens (including phenoxy) is 1. The van der Waals surface area contributed by atoms with Gasteiger partial charge in [-0.25, -0.2) is 0 Å². The van der Waals surface area contributed by atoms with Crippen LogP contribution in [0.25, 0.3) is 0 Å². The molecule has 0 saturated carbocycles. The molecular formula is C18H24O2. The summed E-state index contributed by atoms with van der Waals surface area (Å²) in [4.78, 5) is 0. The van der Waals surface area contributed by atoms with E-state index in [-0.39, 0.29) is 12.2 Å². The number of allylic oxidation sites excluding steroid dienone is 1. The molecule has 0 aliphatic rings. The van der Waals surface area contributed by atoms with Gasteiger partial charge in [0.1, 0.15) is 0 Å². The third-order valence-electron chi connectivity index (χ3n) is 2.90. The van der Waals surface area contributed by atoms with E-state index in [1.807, 2.05) is 25.1 Å². The zero-order chi connectivity index (χ0) is 14.8. The minimum absolute atomic E-state index is 0.104. The zero-order valence-electron chi connectivity index (χ0n) is 12.4. The van der Waals surface area contributed by atoms with E-state index >= 15 is 0 Å². The molecule has 0 bridgehead atoms. The quantitative estimate of drug-likeness (QED) is 0.767. The number of hydrogen-bond donors (Lipinski definition) is 1. The highest BCUT2D eigenvalue weighted by molar-refractivity contribution is 5.25. The first-order chi connectivity index (χ1) is 9.58. The number of hydrogen-bond acceptors (Lipinski definition) is 2. The Balaban J connectivity index is 2.23. The Hall–Kier alpha value is -1.56. The fourth-order valence-electron chi connectivity index (χ4n) is 1.64. The summed E-state index contributed by atoms with van der Waals surface area (Å²) in [5.74, 6) is 6.12. The first-order valence-corrected chi connectivity index (χ1v) is 7.08. The lowest BCUT2D eigenvalue weighted by atomic mass is 10.1. The summed E-state index contributed by atoms with van der Waals surface area (Å²) >= 11 is 0. The van der Waals surface area contributed by atoms with Gasteiger partial charge < -0.3 is 9.84 Å². The molecule has 0 spiro atoms. The van der Waals surface area contributed by atoms with Gasteiger partial charge in [0.05, 0.1) is 18.8 Å². The number of rotatable bonds is 7. The molecule has 0 aromatic heterocycles. The molecule has 20 heavy (non-hydrogen) atoms. The van der Waals surface area contributed by atoms with Crippen LogP contribution in [0.2, 0.25) is 0 Å². The lowest BCUT2D eigenvalue weighted by Crippen LogP contribution is -2.06. The Morgan fingerprint density at radius 1 is 1.30 bits per heavy atom. The molecular weight excluding hydrogens is 248 g/mol. The lowest BCUT2D eigenvalue weighted by molar-refractivity contribution is 0.0566. The van der Waals surface area contributed by atoms with Gasteiger partial charge in [-0.05, 0) is 37.8 Å². The third-order valence-corrected chi connectivity index (χ3v) is 2.90. The molecule has 0 saturated heterocycles. The first kappa shape index (κ1) is 16.5. The Labute approximate surface area is 122 Å². The van der Waals surface area contributed by atoms with Crippen molar-refractivity contribution in [1.82, 2.24) is 0 Å². The monoisotopic (exact) mass is 272 g/mol. The molecule has 1 aromatic rings. The van der Waals surface area contributed by atoms with E-state index in [4.69, 9.17) is 4.74 Å². The zero-order valence-corrected chi connectivity index (χ0v) is 12.4. The lowest BCUT2D eigenvalue weighted by Gasteiger charge is -2.09. The largest absolute Gasteiger partial charge is 0.393 e. The van der Waals surface area contributed by atoms with Crippen molar-refractivity contribution in [2.45, 2.75) is 51.9 Å². The van der Waals surface area contributed by atoms with Gasteiger partial charge in [-0.3, -0.25) is 0 Å². The van der Waals surface area contributed by atoms with E-state index in [0.29, 0.717) is 19.4 Å². The van der Waals surface area contributed by atoms with Crippen LogP contribution in [0.5, 0.6) is 0 Å². The van der Waals surface area contributed by atoms with Gasteiger partial charge in [0.25, 0.3) is 0 Å². The number of aliphatic hydroxyl groups excluding tert-OH is 1. The van der Waals surface area contributed by atoms with Gasteiger partial charge in [0, 0.05) is 6.42 Å². The molecule has 0 heterocycles. The Morgan fingerprint density at radius 3 is 2.65 bits per heavy atom. The van der Waals surface area contributed by atoms with Crippen molar-refractivity contribution >= 4 is 0 Å². The highest BCUT2D eigenvalue weighted by Gasteiger charge is 2.00. The van der Waals surface area contributed by atoms with Gasteiger partial charge in [-0.2, -0.15) is 0 Å². The molecule has 1 aromatic carbocycles. The van der Waals surface area contributed by atoms with Gasteiger partial charge in [-0.1, -0.05) is 48.8 Å². The van der Waals surface area contributed by atoms with Crippen LogP contribution >= 0.6 is 0 Å². The second kappa shape index (κ2) is 9.36. The summed E-state index contributed by atoms with van der Waals surface area (Å²) in [6, 6.07) is 10.1. The topological polar surface area (TPSA) is 29.5 Å². The van der Waals surface area contributed by atoms with Crippen molar-refractivity contribution in [3.8, 4) is 11.8 Å². The molecule has 2 nitrogen and oxygen atoms in total. The van der Waals surface area contributed by atoms with Crippen molar-refractivity contribution in [3.05, 3.63) is 48.0 Å². The van der Waals surface area contributed by atoms with Crippen LogP contribution in [0.1, 0.15) is 38.7 Å². The highest BCUT2D eigenvalue weighted by atomic mass is 16.5. The maximum atomic E-state index is 9.18. The van der Waals surface area contributed by atoms with Crippen molar-refractivity contribution in [2.24, 2.45) is 0 Å². The predicted molar refractivity (Wildman–Crippen MR) is 83.1 cm³/mol. The van der Waals surface area contributed by atoms with Crippen molar-refractivity contribution < 1.29 is 9.84 Å². The Kier molecular flexibility index (Phi) is 7.72. The normalized spacial score (nSPS) is 13.2. The average Bonchev–Trinajstić information content (AvgIpc) is 2.44. The van der Waals surface area contributed by atoms with Gasteiger partial charge in [0.15, 0.2) is 0 Å². The predicted octanol–water partition coefficient (Wildman–Crippen LogP) is 3.70. The van der Waals surface area contributed by atoms with Crippen LogP contribution in [0, 0.1) is 11.8 Å². The standard InChI is InChI=1S/C18H24O2/c1-15(12-13-16(2)19)8-7-9-17(3)20-14-18-10-5-4-6-11-18/h4-6,10-11,16-17,19H,1,9,12-14H2,2-3H3. The van der Waals surface area contributed by atoms with E-state index in [2.05, 4.69) is 30.6 Å². The molecule has 0 aliphatic carbocycles. The average molecular weight is 272 g/mol. The van der Waals surface area contributed by atoms with E-state index in [0.717, 1.165) is 12.0 Å². The van der Waals surface area contributed by atoms with Gasteiger partial charge in [0.2, 0.25) is 0 Å². The molecule has 0 fully saturated rings. The summed E-state index contributed by atoms with van der Waals surface area (Å²) < 4.78 is 5.74. The van der Waals surface area contributed by atoms with E-state index < -0.39 is 0 Å². The molecule has 0 amide bonds. The SMILES string of the molecule is C=C(C#CCC(C)OCc1ccccc1)CCC(C)O. The van der Waals surface area contributed by atoms with Crippen LogP contribution in [-0.4, -0.2) is 17.3 Å². The molecule has 2 unspecified atom stereocenters. The minimum Gasteiger partial charge on any atom is -0.393 e. The summed E-state index contributed by atoms with van der Waals surface area (Å²) in [5, 5.41) is 9.18. The molecule has 2 heteroatoms. The van der Waals surface area contributed by atoms with Crippen LogP contribution in [0.4, 0.5) is 0 Å². The van der Waals surface area contributed by atoms with Gasteiger partial charge in [-0.15, -0.1) is 0 Å². The van der Waals surface area contributed by atoms with Crippen LogP contribution in [-0.2, 0) is 11.3 Å². The van der Waals surface area contributed by atoms with Crippen LogP contribution < -0.4 is 0 Å². The maximum Gasteiger partial charge on any atom is 0.0720 e. The minimum atomic E-state index is -0.290. The molecule has 108 valence electrons. The first-order valence-electron chi connectivity index (χ1n) is 7.08. The summed E-state index contributed by atoms with van der Waals surface area (Å²) in [6.07, 6.45) is 1.98. The Bertz CT molecular complexity index is 451. The maximum absolute atomic E-state index is 9.18. The smallest absolute Gasteiger partial charge is 0.0720 e. The second-order valence-electron chi connectivity index (χ2n) is 5.10. The second-order valence-corrected chi connectivity index (χ2v) is 5.10. The van der Waals surface area contributed by atoms with Crippen LogP contribution in [0.15, 0.2) is 42.5 Å². The molecule has 1 rings (SSSR count). The molecule has 1 N–H and O–H groups in total. The Morgan fingerprint density at radius 2 is 2.00 bits per heavy atom. The fourth-order valence-corrected chi connectivity index (χ4v) is 1.64. The van der Waals surface area contributed by atoms with Crippen LogP contribution in [0.3, 0.4) is 0 Å². The van der Waals surface area contributed by atoms with E-state index in [1.54, 1.807) is 6.92 Å². The number of benzene rings is 1. The van der Waals surface area contributed by atoms with Gasteiger partial charge >= 0.3 is 0 Å². The van der Waals surface area contributed by atoms with Crippen molar-refractivity contribution in [2.75, 3.05) is 0 Å². The van der Waals surface area contributed by atoms with Crippen molar-refractivity contribution in [1.29, 1.82) is 0 Å². The summed E-state index contributed by atoms with van der Waals surface area (Å²) in [5.41, 5.74) is 2.05. The molecule has 0 aliphatic heterocycles. The van der Waals surface area contributed by atoms with Crippen molar-refractivity contribution in [3.63, 3.8) is 0 Å². The summed E-state index contributed by atoms with van der Waals surface area (Å²) in [7, 11) is 0. The third kappa shape index (κ3) is 7.78. The number of aliphatic hydroxyl groups is 1. The molecule has 0 radical (unpaired) electrons. The fraction of sp³-hybridized carbons (Fsp3) is 0.444. The van der Waals surface area contributed by atoms with E-state index in [9.17, 15) is 5.11 Å². The van der Waals surface area contributed by atoms with E-state index in [1.165, 1.54) is 5.56 Å².